The molecule has 1 aromatic carbocycles. The highest BCUT2D eigenvalue weighted by Crippen LogP contribution is 2.28. The fourth-order valence-corrected chi connectivity index (χ4v) is 1.72. The summed E-state index contributed by atoms with van der Waals surface area (Å²) in [5.41, 5.74) is 4.59. The first kappa shape index (κ1) is 12.3. The first-order valence-electron chi connectivity index (χ1n) is 5.75. The zero-order valence-electron chi connectivity index (χ0n) is 10.5. The highest BCUT2D eigenvalue weighted by Gasteiger charge is 2.09. The molecule has 0 unspecified atom stereocenters. The molecule has 0 radical (unpaired) electrons. The normalized spacial score (nSPS) is 10.2. The number of nitrogens with one attached hydrogen (secondary N) is 1. The number of nitrogens with zero attached hydrogens (tertiary/aromatic N) is 2. The molecule has 0 bridgehead atoms. The third kappa shape index (κ3) is 2.41. The van der Waals surface area contributed by atoms with E-state index in [4.69, 9.17) is 10.6 Å². The molecule has 0 aliphatic rings. The molecular weight excluding hydrogens is 228 g/mol. The number of hydrogen-bond acceptors (Lipinski definition) is 5. The summed E-state index contributed by atoms with van der Waals surface area (Å²) in [5, 5.41) is 0. The Balaban J connectivity index is 2.53. The van der Waals surface area contributed by atoms with Crippen molar-refractivity contribution in [3.05, 3.63) is 36.0 Å². The van der Waals surface area contributed by atoms with Crippen LogP contribution < -0.4 is 16.0 Å². The molecule has 2 aromatic rings. The van der Waals surface area contributed by atoms with Gasteiger partial charge in [0.1, 0.15) is 11.6 Å². The molecule has 18 heavy (non-hydrogen) atoms. The van der Waals surface area contributed by atoms with Gasteiger partial charge in [0.2, 0.25) is 0 Å². The van der Waals surface area contributed by atoms with Gasteiger partial charge in [0.05, 0.1) is 12.7 Å². The van der Waals surface area contributed by atoms with Gasteiger partial charge in [-0.05, 0) is 24.1 Å². The quantitative estimate of drug-likeness (QED) is 0.635. The van der Waals surface area contributed by atoms with E-state index in [1.54, 1.807) is 19.4 Å². The standard InChI is InChI=1S/C13H16N4O/c1-3-9-4-5-11(18-2)10(8-9)13-15-7-6-12(16-13)17-14/h4-8H,3,14H2,1-2H3,(H,15,16,17). The molecule has 1 aromatic heterocycles. The first-order chi connectivity index (χ1) is 8.78. The molecule has 5 heteroatoms. The van der Waals surface area contributed by atoms with Crippen LogP contribution in [0.25, 0.3) is 11.4 Å². The van der Waals surface area contributed by atoms with Gasteiger partial charge in [-0.1, -0.05) is 13.0 Å². The Morgan fingerprint density at radius 1 is 1.33 bits per heavy atom. The van der Waals surface area contributed by atoms with E-state index >= 15 is 0 Å². The number of anilines is 1. The van der Waals surface area contributed by atoms with Crippen LogP contribution in [0.15, 0.2) is 30.5 Å². The maximum Gasteiger partial charge on any atom is 0.165 e. The Bertz CT molecular complexity index is 542. The monoisotopic (exact) mass is 244 g/mol. The molecular formula is C13H16N4O. The average Bonchev–Trinajstić information content (AvgIpc) is 2.46. The molecule has 0 fully saturated rings. The summed E-state index contributed by atoms with van der Waals surface area (Å²) in [7, 11) is 1.63. The number of benzene rings is 1. The molecule has 94 valence electrons. The summed E-state index contributed by atoms with van der Waals surface area (Å²) < 4.78 is 5.34. The van der Waals surface area contributed by atoms with Crippen LogP contribution in [0.4, 0.5) is 5.82 Å². The van der Waals surface area contributed by atoms with E-state index in [2.05, 4.69) is 22.3 Å². The summed E-state index contributed by atoms with van der Waals surface area (Å²) >= 11 is 0. The Morgan fingerprint density at radius 3 is 2.83 bits per heavy atom. The van der Waals surface area contributed by atoms with Crippen LogP contribution in [0.5, 0.6) is 5.75 Å². The Morgan fingerprint density at radius 2 is 2.17 bits per heavy atom. The van der Waals surface area contributed by atoms with Crippen LogP contribution in [-0.4, -0.2) is 17.1 Å². The van der Waals surface area contributed by atoms with Crippen molar-refractivity contribution in [3.63, 3.8) is 0 Å². The molecule has 2 rings (SSSR count). The van der Waals surface area contributed by atoms with Crippen molar-refractivity contribution in [2.75, 3.05) is 12.5 Å². The topological polar surface area (TPSA) is 73.1 Å². The predicted octanol–water partition coefficient (Wildman–Crippen LogP) is 2.00. The maximum atomic E-state index is 5.35. The number of nitrogens with two attached hydrogens (primary N) is 1. The van der Waals surface area contributed by atoms with Gasteiger partial charge >= 0.3 is 0 Å². The van der Waals surface area contributed by atoms with Gasteiger partial charge in [-0.3, -0.25) is 0 Å². The molecule has 0 atom stereocenters. The van der Waals surface area contributed by atoms with Crippen molar-refractivity contribution in [3.8, 4) is 17.1 Å². The highest BCUT2D eigenvalue weighted by molar-refractivity contribution is 5.66. The summed E-state index contributed by atoms with van der Waals surface area (Å²) in [6.45, 7) is 2.10. The SMILES string of the molecule is CCc1ccc(OC)c(-c2nccc(NN)n2)c1. The van der Waals surface area contributed by atoms with Crippen molar-refractivity contribution >= 4 is 5.82 Å². The lowest BCUT2D eigenvalue weighted by Crippen LogP contribution is -2.09. The lowest BCUT2D eigenvalue weighted by Gasteiger charge is -2.09. The number of hydrazine groups is 1. The second-order valence-corrected chi connectivity index (χ2v) is 3.80. The van der Waals surface area contributed by atoms with E-state index in [-0.39, 0.29) is 0 Å². The van der Waals surface area contributed by atoms with Gasteiger partial charge in [-0.25, -0.2) is 15.8 Å². The van der Waals surface area contributed by atoms with Crippen LogP contribution in [-0.2, 0) is 6.42 Å². The summed E-state index contributed by atoms with van der Waals surface area (Å²) in [4.78, 5) is 8.57. The number of aryl methyl sites for hydroxylation is 1. The molecule has 0 amide bonds. The van der Waals surface area contributed by atoms with Crippen LogP contribution in [0.2, 0.25) is 0 Å². The fraction of sp³-hybridized carbons (Fsp3) is 0.231. The van der Waals surface area contributed by atoms with E-state index < -0.39 is 0 Å². The number of rotatable bonds is 4. The van der Waals surface area contributed by atoms with Gasteiger partial charge in [0, 0.05) is 12.3 Å². The second kappa shape index (κ2) is 5.46. The summed E-state index contributed by atoms with van der Waals surface area (Å²) in [6.07, 6.45) is 2.61. The Hall–Kier alpha value is -2.14. The van der Waals surface area contributed by atoms with E-state index in [0.717, 1.165) is 17.7 Å². The summed E-state index contributed by atoms with van der Waals surface area (Å²) in [5.74, 6) is 7.27. The fourth-order valence-electron chi connectivity index (χ4n) is 1.72. The molecule has 1 heterocycles. The zero-order valence-corrected chi connectivity index (χ0v) is 10.5. The lowest BCUT2D eigenvalue weighted by molar-refractivity contribution is 0.416. The lowest BCUT2D eigenvalue weighted by atomic mass is 10.1. The van der Waals surface area contributed by atoms with Crippen molar-refractivity contribution in [2.45, 2.75) is 13.3 Å². The van der Waals surface area contributed by atoms with Gasteiger partial charge < -0.3 is 10.2 Å². The van der Waals surface area contributed by atoms with E-state index in [1.165, 1.54) is 5.56 Å². The number of aromatic nitrogens is 2. The minimum absolute atomic E-state index is 0.573. The zero-order chi connectivity index (χ0) is 13.0. The van der Waals surface area contributed by atoms with Gasteiger partial charge in [0.15, 0.2) is 5.82 Å². The van der Waals surface area contributed by atoms with Crippen LogP contribution in [0.3, 0.4) is 0 Å². The van der Waals surface area contributed by atoms with Crippen molar-refractivity contribution in [1.82, 2.24) is 9.97 Å². The average molecular weight is 244 g/mol. The largest absolute Gasteiger partial charge is 0.496 e. The van der Waals surface area contributed by atoms with E-state index in [9.17, 15) is 0 Å². The van der Waals surface area contributed by atoms with E-state index in [1.807, 2.05) is 18.2 Å². The van der Waals surface area contributed by atoms with Gasteiger partial charge in [-0.2, -0.15) is 0 Å². The number of hydrogen-bond donors (Lipinski definition) is 2. The molecule has 0 spiro atoms. The molecule has 3 N–H and O–H groups in total. The second-order valence-electron chi connectivity index (χ2n) is 3.80. The summed E-state index contributed by atoms with van der Waals surface area (Å²) in [6, 6.07) is 7.71. The molecule has 0 saturated carbocycles. The molecule has 0 saturated heterocycles. The first-order valence-corrected chi connectivity index (χ1v) is 5.75. The van der Waals surface area contributed by atoms with Gasteiger partial charge in [0.25, 0.3) is 0 Å². The van der Waals surface area contributed by atoms with Gasteiger partial charge in [-0.15, -0.1) is 0 Å². The number of ether oxygens (including phenoxy) is 1. The Kier molecular flexibility index (Phi) is 3.74. The predicted molar refractivity (Wildman–Crippen MR) is 71.2 cm³/mol. The van der Waals surface area contributed by atoms with Crippen molar-refractivity contribution in [1.29, 1.82) is 0 Å². The van der Waals surface area contributed by atoms with Crippen LogP contribution >= 0.6 is 0 Å². The third-order valence-electron chi connectivity index (χ3n) is 2.72. The molecule has 0 aliphatic carbocycles. The molecule has 5 nitrogen and oxygen atoms in total. The maximum absolute atomic E-state index is 5.35. The van der Waals surface area contributed by atoms with Crippen LogP contribution in [0, 0.1) is 0 Å². The number of nitrogen functional groups attached to an aromatic ring is 1. The third-order valence-corrected chi connectivity index (χ3v) is 2.72. The van der Waals surface area contributed by atoms with Crippen molar-refractivity contribution in [2.24, 2.45) is 5.84 Å². The van der Waals surface area contributed by atoms with Crippen molar-refractivity contribution < 1.29 is 4.74 Å². The smallest absolute Gasteiger partial charge is 0.165 e. The van der Waals surface area contributed by atoms with Crippen LogP contribution in [0.1, 0.15) is 12.5 Å². The Labute approximate surface area is 106 Å². The minimum atomic E-state index is 0.573. The highest BCUT2D eigenvalue weighted by atomic mass is 16.5. The minimum Gasteiger partial charge on any atom is -0.496 e. The van der Waals surface area contributed by atoms with E-state index in [0.29, 0.717) is 11.6 Å². The number of methoxy groups -OCH3 is 1. The molecule has 0 aliphatic heterocycles.